The molecule has 1 aromatic heterocycles. The van der Waals surface area contributed by atoms with E-state index in [-0.39, 0.29) is 11.8 Å². The van der Waals surface area contributed by atoms with Gasteiger partial charge in [0.25, 0.3) is 5.91 Å². The summed E-state index contributed by atoms with van der Waals surface area (Å²) in [7, 11) is 0. The van der Waals surface area contributed by atoms with Gasteiger partial charge in [-0.15, -0.1) is 0 Å². The van der Waals surface area contributed by atoms with Crippen molar-refractivity contribution in [2.45, 2.75) is 38.2 Å². The van der Waals surface area contributed by atoms with Gasteiger partial charge in [-0.25, -0.2) is 0 Å². The lowest BCUT2D eigenvalue weighted by Gasteiger charge is -2.35. The van der Waals surface area contributed by atoms with Crippen molar-refractivity contribution >= 4 is 5.91 Å². The number of amides is 1. The Balaban J connectivity index is 1.72. The highest BCUT2D eigenvalue weighted by molar-refractivity contribution is 5.95. The van der Waals surface area contributed by atoms with Crippen molar-refractivity contribution in [2.75, 3.05) is 13.1 Å². The van der Waals surface area contributed by atoms with E-state index >= 15 is 0 Å². The molecular formula is C14H20N2O2. The number of nitrogens with one attached hydrogen (secondary N) is 1. The van der Waals surface area contributed by atoms with Crippen LogP contribution in [0.25, 0.3) is 0 Å². The fourth-order valence-corrected chi connectivity index (χ4v) is 2.99. The lowest BCUT2D eigenvalue weighted by atomic mass is 9.90. The number of aromatic amines is 1. The van der Waals surface area contributed by atoms with E-state index in [4.69, 9.17) is 0 Å². The Bertz CT molecular complexity index is 462. The largest absolute Gasteiger partial charge is 0.390 e. The Morgan fingerprint density at radius 1 is 1.56 bits per heavy atom. The molecule has 1 aliphatic heterocycles. The topological polar surface area (TPSA) is 56.3 Å². The first kappa shape index (κ1) is 11.8. The smallest absolute Gasteiger partial charge is 0.255 e. The minimum atomic E-state index is -0.466. The van der Waals surface area contributed by atoms with Crippen LogP contribution in [0, 0.1) is 12.8 Å². The molecule has 18 heavy (non-hydrogen) atoms. The van der Waals surface area contributed by atoms with E-state index in [1.807, 2.05) is 17.9 Å². The monoisotopic (exact) mass is 248 g/mol. The second-order valence-corrected chi connectivity index (χ2v) is 5.71. The number of H-pyrrole nitrogens is 1. The number of carbonyl (C=O) groups excluding carboxylic acids is 1. The molecule has 2 aliphatic rings. The van der Waals surface area contributed by atoms with E-state index in [0.717, 1.165) is 43.5 Å². The zero-order valence-corrected chi connectivity index (χ0v) is 10.8. The van der Waals surface area contributed by atoms with Crippen LogP contribution in [-0.2, 0) is 0 Å². The fourth-order valence-electron chi connectivity index (χ4n) is 2.99. The third-order valence-corrected chi connectivity index (χ3v) is 4.42. The molecule has 0 bridgehead atoms. The molecule has 0 spiro atoms. The van der Waals surface area contributed by atoms with E-state index in [9.17, 15) is 9.90 Å². The van der Waals surface area contributed by atoms with Gasteiger partial charge in [0.15, 0.2) is 0 Å². The molecule has 98 valence electrons. The maximum Gasteiger partial charge on any atom is 0.255 e. The van der Waals surface area contributed by atoms with Gasteiger partial charge in [0, 0.05) is 30.9 Å². The molecule has 1 unspecified atom stereocenters. The van der Waals surface area contributed by atoms with Crippen molar-refractivity contribution in [2.24, 2.45) is 5.92 Å². The molecule has 0 radical (unpaired) electrons. The summed E-state index contributed by atoms with van der Waals surface area (Å²) in [5, 5.41) is 10.2. The average Bonchev–Trinajstić information content (AvgIpc) is 2.99. The Kier molecular flexibility index (Phi) is 2.70. The van der Waals surface area contributed by atoms with Crippen LogP contribution in [0.3, 0.4) is 0 Å². The molecule has 2 heterocycles. The summed E-state index contributed by atoms with van der Waals surface area (Å²) in [6, 6.07) is 1.84. The van der Waals surface area contributed by atoms with Crippen LogP contribution in [-0.4, -0.2) is 39.6 Å². The van der Waals surface area contributed by atoms with Crippen molar-refractivity contribution < 1.29 is 9.90 Å². The number of rotatable bonds is 2. The molecular weight excluding hydrogens is 228 g/mol. The zero-order chi connectivity index (χ0) is 12.8. The molecule has 3 rings (SSSR count). The quantitative estimate of drug-likeness (QED) is 0.837. The van der Waals surface area contributed by atoms with Gasteiger partial charge in [-0.3, -0.25) is 4.79 Å². The number of piperidine rings is 1. The average molecular weight is 248 g/mol. The second-order valence-electron chi connectivity index (χ2n) is 5.71. The summed E-state index contributed by atoms with van der Waals surface area (Å²) in [5.74, 6) is 0.372. The third-order valence-electron chi connectivity index (χ3n) is 4.42. The summed E-state index contributed by atoms with van der Waals surface area (Å²) in [6.45, 7) is 3.44. The van der Waals surface area contributed by atoms with Crippen molar-refractivity contribution in [1.29, 1.82) is 0 Å². The second kappa shape index (κ2) is 4.12. The molecule has 1 aliphatic carbocycles. The van der Waals surface area contributed by atoms with Gasteiger partial charge in [-0.05, 0) is 38.7 Å². The SMILES string of the molecule is Cc1[nH]ccc1C(=O)N1CCCC(C2(O)CC2)C1. The maximum atomic E-state index is 12.4. The standard InChI is InChI=1S/C14H20N2O2/c1-10-12(4-7-15-10)13(17)16-8-2-3-11(9-16)14(18)5-6-14/h4,7,11,15,18H,2-3,5-6,8-9H2,1H3. The number of likely N-dealkylation sites (tertiary alicyclic amines) is 1. The van der Waals surface area contributed by atoms with E-state index < -0.39 is 5.60 Å². The lowest BCUT2D eigenvalue weighted by Crippen LogP contribution is -2.44. The van der Waals surface area contributed by atoms with Crippen molar-refractivity contribution in [1.82, 2.24) is 9.88 Å². The van der Waals surface area contributed by atoms with Crippen LogP contribution in [0.5, 0.6) is 0 Å². The van der Waals surface area contributed by atoms with Gasteiger partial charge in [-0.1, -0.05) is 0 Å². The summed E-state index contributed by atoms with van der Waals surface area (Å²) in [5.41, 5.74) is 1.22. The van der Waals surface area contributed by atoms with Crippen LogP contribution < -0.4 is 0 Å². The summed E-state index contributed by atoms with van der Waals surface area (Å²) < 4.78 is 0. The lowest BCUT2D eigenvalue weighted by molar-refractivity contribution is 0.0282. The third kappa shape index (κ3) is 1.94. The van der Waals surface area contributed by atoms with Gasteiger partial charge < -0.3 is 15.0 Å². The molecule has 4 heteroatoms. The highest BCUT2D eigenvalue weighted by atomic mass is 16.3. The number of carbonyl (C=O) groups is 1. The van der Waals surface area contributed by atoms with E-state index in [2.05, 4.69) is 4.98 Å². The zero-order valence-electron chi connectivity index (χ0n) is 10.8. The fraction of sp³-hybridized carbons (Fsp3) is 0.643. The summed E-state index contributed by atoms with van der Waals surface area (Å²) >= 11 is 0. The van der Waals surface area contributed by atoms with Gasteiger partial charge in [-0.2, -0.15) is 0 Å². The minimum absolute atomic E-state index is 0.0997. The Hall–Kier alpha value is -1.29. The first-order valence-corrected chi connectivity index (χ1v) is 6.76. The van der Waals surface area contributed by atoms with Gasteiger partial charge >= 0.3 is 0 Å². The van der Waals surface area contributed by atoms with E-state index in [1.165, 1.54) is 0 Å². The summed E-state index contributed by atoms with van der Waals surface area (Å²) in [6.07, 6.45) is 5.67. The molecule has 1 atom stereocenters. The maximum absolute atomic E-state index is 12.4. The van der Waals surface area contributed by atoms with E-state index in [1.54, 1.807) is 6.20 Å². The molecule has 1 aromatic rings. The van der Waals surface area contributed by atoms with Gasteiger partial charge in [0.05, 0.1) is 11.2 Å². The highest BCUT2D eigenvalue weighted by Crippen LogP contribution is 2.45. The molecule has 2 fully saturated rings. The molecule has 4 nitrogen and oxygen atoms in total. The number of aromatic nitrogens is 1. The summed E-state index contributed by atoms with van der Waals surface area (Å²) in [4.78, 5) is 17.3. The number of hydrogen-bond acceptors (Lipinski definition) is 2. The Labute approximate surface area is 107 Å². The number of aryl methyl sites for hydroxylation is 1. The molecule has 1 saturated carbocycles. The highest BCUT2D eigenvalue weighted by Gasteiger charge is 2.49. The molecule has 1 amide bonds. The van der Waals surface area contributed by atoms with Crippen LogP contribution in [0.15, 0.2) is 12.3 Å². The Morgan fingerprint density at radius 2 is 2.33 bits per heavy atom. The first-order valence-electron chi connectivity index (χ1n) is 6.76. The number of hydrogen-bond donors (Lipinski definition) is 2. The van der Waals surface area contributed by atoms with Crippen molar-refractivity contribution in [3.63, 3.8) is 0 Å². The predicted octanol–water partition coefficient (Wildman–Crippen LogP) is 1.70. The first-order chi connectivity index (χ1) is 8.60. The molecule has 0 aromatic carbocycles. The number of aliphatic hydroxyl groups is 1. The predicted molar refractivity (Wildman–Crippen MR) is 68.3 cm³/mol. The molecule has 2 N–H and O–H groups in total. The molecule has 1 saturated heterocycles. The Morgan fingerprint density at radius 3 is 2.94 bits per heavy atom. The van der Waals surface area contributed by atoms with E-state index in [0.29, 0.717) is 6.54 Å². The van der Waals surface area contributed by atoms with Crippen molar-refractivity contribution in [3.8, 4) is 0 Å². The number of nitrogens with zero attached hydrogens (tertiary/aromatic N) is 1. The van der Waals surface area contributed by atoms with Crippen LogP contribution >= 0.6 is 0 Å². The van der Waals surface area contributed by atoms with Crippen LogP contribution in [0.1, 0.15) is 41.7 Å². The van der Waals surface area contributed by atoms with Crippen molar-refractivity contribution in [3.05, 3.63) is 23.5 Å². The normalized spacial score (nSPS) is 26.1. The van der Waals surface area contributed by atoms with Gasteiger partial charge in [0.1, 0.15) is 0 Å². The van der Waals surface area contributed by atoms with Crippen LogP contribution in [0.4, 0.5) is 0 Å². The van der Waals surface area contributed by atoms with Gasteiger partial charge in [0.2, 0.25) is 0 Å². The minimum Gasteiger partial charge on any atom is -0.390 e. The van der Waals surface area contributed by atoms with Crippen LogP contribution in [0.2, 0.25) is 0 Å².